The second kappa shape index (κ2) is 9.62. The molecule has 3 N–H and O–H groups in total. The van der Waals surface area contributed by atoms with Gasteiger partial charge in [-0.25, -0.2) is 0 Å². The number of rotatable bonds is 7. The van der Waals surface area contributed by atoms with E-state index in [0.717, 1.165) is 5.56 Å². The fourth-order valence-corrected chi connectivity index (χ4v) is 3.68. The molecule has 162 valence electrons. The summed E-state index contributed by atoms with van der Waals surface area (Å²) in [5, 5.41) is 20.3. The first-order valence-electron chi connectivity index (χ1n) is 9.87. The maximum atomic E-state index is 12.6. The van der Waals surface area contributed by atoms with Gasteiger partial charge in [0.05, 0.1) is 32.6 Å². The molecule has 1 saturated carbocycles. The molecule has 2 amide bonds. The zero-order valence-electron chi connectivity index (χ0n) is 17.4. The minimum absolute atomic E-state index is 0.0948. The van der Waals surface area contributed by atoms with Crippen molar-refractivity contribution in [3.05, 3.63) is 41.7 Å². The Balaban J connectivity index is 1.52. The molecule has 1 aromatic heterocycles. The van der Waals surface area contributed by atoms with Gasteiger partial charge in [-0.3, -0.25) is 14.3 Å². The Morgan fingerprint density at radius 2 is 2.00 bits per heavy atom. The van der Waals surface area contributed by atoms with Crippen LogP contribution in [0.2, 0.25) is 0 Å². The van der Waals surface area contributed by atoms with Crippen LogP contribution in [0, 0.1) is 5.92 Å². The second-order valence-corrected chi connectivity index (χ2v) is 7.47. The maximum Gasteiger partial charge on any atom is 0.251 e. The first-order chi connectivity index (χ1) is 14.4. The van der Waals surface area contributed by atoms with Crippen molar-refractivity contribution in [2.24, 2.45) is 13.0 Å². The number of amides is 2. The molecule has 0 spiro atoms. The van der Waals surface area contributed by atoms with Crippen LogP contribution in [0.3, 0.4) is 0 Å². The summed E-state index contributed by atoms with van der Waals surface area (Å²) in [5.74, 6) is 0.305. The lowest BCUT2D eigenvalue weighted by molar-refractivity contribution is -0.127. The van der Waals surface area contributed by atoms with Gasteiger partial charge in [0, 0.05) is 36.8 Å². The molecule has 0 unspecified atom stereocenters. The van der Waals surface area contributed by atoms with Gasteiger partial charge in [-0.2, -0.15) is 5.10 Å². The van der Waals surface area contributed by atoms with Crippen molar-refractivity contribution in [3.63, 3.8) is 0 Å². The van der Waals surface area contributed by atoms with Crippen LogP contribution in [-0.2, 0) is 18.4 Å². The number of nitrogens with zero attached hydrogens (tertiary/aromatic N) is 2. The minimum atomic E-state index is -0.794. The highest BCUT2D eigenvalue weighted by molar-refractivity contribution is 5.95. The van der Waals surface area contributed by atoms with Gasteiger partial charge in [0.1, 0.15) is 0 Å². The smallest absolute Gasteiger partial charge is 0.251 e. The van der Waals surface area contributed by atoms with Crippen LogP contribution in [0.15, 0.2) is 30.6 Å². The highest BCUT2D eigenvalue weighted by Gasteiger charge is 2.33. The summed E-state index contributed by atoms with van der Waals surface area (Å²) in [7, 11) is 4.85. The van der Waals surface area contributed by atoms with Gasteiger partial charge in [-0.05, 0) is 37.5 Å². The Kier molecular flexibility index (Phi) is 6.94. The molecule has 1 aromatic carbocycles. The Morgan fingerprint density at radius 1 is 1.23 bits per heavy atom. The van der Waals surface area contributed by atoms with Gasteiger partial charge < -0.3 is 25.2 Å². The molecule has 2 aromatic rings. The normalized spacial score (nSPS) is 21.0. The molecule has 9 heteroatoms. The lowest BCUT2D eigenvalue weighted by atomic mass is 9.83. The van der Waals surface area contributed by atoms with Crippen LogP contribution in [-0.4, -0.2) is 53.1 Å². The Morgan fingerprint density at radius 3 is 2.63 bits per heavy atom. The minimum Gasteiger partial charge on any atom is -0.493 e. The Labute approximate surface area is 175 Å². The lowest BCUT2D eigenvalue weighted by Gasteiger charge is -2.33. The van der Waals surface area contributed by atoms with Crippen LogP contribution >= 0.6 is 0 Å². The molecular weight excluding hydrogens is 388 g/mol. The Bertz CT molecular complexity index is 897. The van der Waals surface area contributed by atoms with E-state index < -0.39 is 12.1 Å². The average molecular weight is 416 g/mol. The molecule has 3 atom stereocenters. The number of hydrogen-bond acceptors (Lipinski definition) is 6. The summed E-state index contributed by atoms with van der Waals surface area (Å²) in [6.07, 6.45) is 4.16. The third-order valence-electron chi connectivity index (χ3n) is 5.37. The van der Waals surface area contributed by atoms with Crippen molar-refractivity contribution in [1.82, 2.24) is 20.4 Å². The molecule has 0 radical (unpaired) electrons. The van der Waals surface area contributed by atoms with E-state index in [2.05, 4.69) is 15.7 Å². The van der Waals surface area contributed by atoms with Gasteiger partial charge in [0.15, 0.2) is 11.5 Å². The van der Waals surface area contributed by atoms with Gasteiger partial charge in [0.2, 0.25) is 5.91 Å². The molecule has 1 aliphatic rings. The largest absolute Gasteiger partial charge is 0.493 e. The molecule has 1 aliphatic carbocycles. The fraction of sp³-hybridized carbons (Fsp3) is 0.476. The maximum absolute atomic E-state index is 12.6. The molecule has 3 rings (SSSR count). The number of nitrogens with one attached hydrogen (secondary N) is 2. The Hall–Kier alpha value is -3.07. The standard InChI is InChI=1S/C21H28N4O5/c1-25-12-13(11-23-25)10-22-20(27)14-4-6-16(17(26)8-14)24-21(28)15-5-7-18(29-2)19(9-15)30-3/h5,7,9,11-12,14,16-17,26H,4,6,8,10H2,1-3H3,(H,22,27)(H,24,28)/t14-,16-,17-/m0/s1. The number of benzene rings is 1. The van der Waals surface area contributed by atoms with E-state index >= 15 is 0 Å². The van der Waals surface area contributed by atoms with Gasteiger partial charge in [-0.1, -0.05) is 0 Å². The molecule has 1 heterocycles. The monoisotopic (exact) mass is 416 g/mol. The summed E-state index contributed by atoms with van der Waals surface area (Å²) in [6.45, 7) is 0.402. The predicted octanol–water partition coefficient (Wildman–Crippen LogP) is 1.01. The summed E-state index contributed by atoms with van der Waals surface area (Å²) >= 11 is 0. The number of hydrogen-bond donors (Lipinski definition) is 3. The summed E-state index contributed by atoms with van der Waals surface area (Å²) in [4.78, 5) is 25.0. The molecule has 0 aliphatic heterocycles. The van der Waals surface area contributed by atoms with Crippen LogP contribution in [0.4, 0.5) is 0 Å². The summed E-state index contributed by atoms with van der Waals surface area (Å²) < 4.78 is 12.1. The topological polar surface area (TPSA) is 115 Å². The SMILES string of the molecule is COc1ccc(C(=O)N[C@H]2CC[C@H](C(=O)NCc3cnn(C)c3)C[C@@H]2O)cc1OC. The second-order valence-electron chi connectivity index (χ2n) is 7.47. The van der Waals surface area contributed by atoms with Crippen LogP contribution in [0.25, 0.3) is 0 Å². The van der Waals surface area contributed by atoms with Gasteiger partial charge in [-0.15, -0.1) is 0 Å². The van der Waals surface area contributed by atoms with E-state index in [-0.39, 0.29) is 17.7 Å². The zero-order chi connectivity index (χ0) is 21.7. The van der Waals surface area contributed by atoms with Crippen molar-refractivity contribution in [2.75, 3.05) is 14.2 Å². The van der Waals surface area contributed by atoms with Crippen LogP contribution in [0.1, 0.15) is 35.2 Å². The zero-order valence-corrected chi connectivity index (χ0v) is 17.4. The van der Waals surface area contributed by atoms with E-state index in [1.54, 1.807) is 29.1 Å². The highest BCUT2D eigenvalue weighted by Crippen LogP contribution is 2.28. The number of carbonyl (C=O) groups excluding carboxylic acids is 2. The van der Waals surface area contributed by atoms with Crippen LogP contribution < -0.4 is 20.1 Å². The quantitative estimate of drug-likeness (QED) is 0.621. The van der Waals surface area contributed by atoms with Crippen molar-refractivity contribution in [2.45, 2.75) is 38.0 Å². The van der Waals surface area contributed by atoms with E-state index in [1.807, 2.05) is 13.2 Å². The van der Waals surface area contributed by atoms with E-state index in [4.69, 9.17) is 9.47 Å². The summed E-state index contributed by atoms with van der Waals surface area (Å²) in [6, 6.07) is 4.49. The van der Waals surface area contributed by atoms with Crippen LogP contribution in [0.5, 0.6) is 11.5 Å². The van der Waals surface area contributed by atoms with Crippen molar-refractivity contribution >= 4 is 11.8 Å². The van der Waals surface area contributed by atoms with Gasteiger partial charge >= 0.3 is 0 Å². The molecule has 1 fully saturated rings. The van der Waals surface area contributed by atoms with Gasteiger partial charge in [0.25, 0.3) is 5.91 Å². The number of methoxy groups -OCH3 is 2. The third-order valence-corrected chi connectivity index (χ3v) is 5.37. The number of carbonyl (C=O) groups is 2. The number of aryl methyl sites for hydroxylation is 1. The van der Waals surface area contributed by atoms with E-state index in [0.29, 0.717) is 42.9 Å². The third kappa shape index (κ3) is 5.10. The number of ether oxygens (including phenoxy) is 2. The van der Waals surface area contributed by atoms with E-state index in [9.17, 15) is 14.7 Å². The molecule has 30 heavy (non-hydrogen) atoms. The number of aliphatic hydroxyl groups is 1. The lowest BCUT2D eigenvalue weighted by Crippen LogP contribution is -2.49. The highest BCUT2D eigenvalue weighted by atomic mass is 16.5. The van der Waals surface area contributed by atoms with Crippen molar-refractivity contribution < 1.29 is 24.2 Å². The summed E-state index contributed by atoms with van der Waals surface area (Å²) in [5.41, 5.74) is 1.33. The molecule has 0 saturated heterocycles. The fourth-order valence-electron chi connectivity index (χ4n) is 3.68. The first-order valence-corrected chi connectivity index (χ1v) is 9.87. The average Bonchev–Trinajstić information content (AvgIpc) is 3.17. The van der Waals surface area contributed by atoms with Crippen molar-refractivity contribution in [3.8, 4) is 11.5 Å². The number of aliphatic hydroxyl groups excluding tert-OH is 1. The molecular formula is C21H28N4O5. The first kappa shape index (κ1) is 21.6. The van der Waals surface area contributed by atoms with E-state index in [1.165, 1.54) is 14.2 Å². The molecule has 0 bridgehead atoms. The molecule has 9 nitrogen and oxygen atoms in total. The van der Waals surface area contributed by atoms with Crippen molar-refractivity contribution in [1.29, 1.82) is 0 Å². The number of aromatic nitrogens is 2. The predicted molar refractivity (Wildman–Crippen MR) is 109 cm³/mol.